The molecule has 0 unspecified atom stereocenters. The molecule has 0 aromatic rings. The van der Waals surface area contributed by atoms with Gasteiger partial charge in [0.25, 0.3) is 0 Å². The Morgan fingerprint density at radius 2 is 1.56 bits per heavy atom. The van der Waals surface area contributed by atoms with Gasteiger partial charge >= 0.3 is 0 Å². The quantitative estimate of drug-likeness (QED) is 0.524. The Morgan fingerprint density at radius 3 is 1.89 bits per heavy atom. The molecular formula is C8H19S+. The maximum absolute atomic E-state index is 2.31. The van der Waals surface area contributed by atoms with Crippen molar-refractivity contribution in [3.05, 3.63) is 0 Å². The molecule has 0 aromatic carbocycles. The van der Waals surface area contributed by atoms with E-state index in [9.17, 15) is 0 Å². The van der Waals surface area contributed by atoms with Crippen LogP contribution in [0, 0.1) is 0 Å². The number of unbranched alkanes of at least 4 members (excludes halogenated alkanes) is 1. The molecule has 0 aliphatic rings. The first-order valence-electron chi connectivity index (χ1n) is 3.99. The van der Waals surface area contributed by atoms with Crippen LogP contribution < -0.4 is 0 Å². The highest BCUT2D eigenvalue weighted by molar-refractivity contribution is 7.96. The van der Waals surface area contributed by atoms with Crippen molar-refractivity contribution >= 4 is 10.9 Å². The molecule has 0 N–H and O–H groups in total. The van der Waals surface area contributed by atoms with Crippen LogP contribution in [0.4, 0.5) is 0 Å². The van der Waals surface area contributed by atoms with E-state index in [4.69, 9.17) is 0 Å². The minimum atomic E-state index is 0.762. The lowest BCUT2D eigenvalue weighted by atomic mass is 10.4. The summed E-state index contributed by atoms with van der Waals surface area (Å²) in [6, 6.07) is 0. The molecule has 0 spiro atoms. The fourth-order valence-corrected chi connectivity index (χ4v) is 2.52. The second kappa shape index (κ2) is 6.47. The van der Waals surface area contributed by atoms with Gasteiger partial charge in [0, 0.05) is 0 Å². The summed E-state index contributed by atoms with van der Waals surface area (Å²) in [5.74, 6) is 4.27. The molecule has 0 aromatic heterocycles. The van der Waals surface area contributed by atoms with Crippen LogP contribution in [0.3, 0.4) is 0 Å². The molecule has 0 rings (SSSR count). The van der Waals surface area contributed by atoms with Gasteiger partial charge in [-0.1, -0.05) is 13.3 Å². The largest absolute Gasteiger partial charge is 0.108 e. The van der Waals surface area contributed by atoms with Gasteiger partial charge in [-0.2, -0.15) is 0 Å². The molecule has 0 saturated carbocycles. The first-order valence-corrected chi connectivity index (χ1v) is 5.72. The SMILES string of the molecule is CCCC[S+](CC)CC. The maximum Gasteiger partial charge on any atom is 0.108 e. The summed E-state index contributed by atoms with van der Waals surface area (Å²) in [5, 5.41) is 0. The summed E-state index contributed by atoms with van der Waals surface area (Å²) in [4.78, 5) is 0. The van der Waals surface area contributed by atoms with E-state index in [0.717, 1.165) is 10.9 Å². The molecule has 1 heteroatoms. The lowest BCUT2D eigenvalue weighted by molar-refractivity contribution is 0.892. The Hall–Kier alpha value is 0.350. The molecule has 0 nitrogen and oxygen atoms in total. The van der Waals surface area contributed by atoms with Crippen LogP contribution in [0.5, 0.6) is 0 Å². The van der Waals surface area contributed by atoms with Crippen LogP contribution in [-0.2, 0) is 10.9 Å². The first kappa shape index (κ1) is 9.35. The van der Waals surface area contributed by atoms with Crippen molar-refractivity contribution in [2.45, 2.75) is 33.6 Å². The van der Waals surface area contributed by atoms with Crippen LogP contribution in [0.15, 0.2) is 0 Å². The minimum absolute atomic E-state index is 0.762. The molecule has 0 radical (unpaired) electrons. The zero-order valence-corrected chi connectivity index (χ0v) is 7.76. The van der Waals surface area contributed by atoms with E-state index in [0.29, 0.717) is 0 Å². The van der Waals surface area contributed by atoms with Crippen LogP contribution >= 0.6 is 0 Å². The Labute approximate surface area is 62.4 Å². The fraction of sp³-hybridized carbons (Fsp3) is 1.00. The lowest BCUT2D eigenvalue weighted by Gasteiger charge is -2.00. The molecule has 0 aliphatic carbocycles. The van der Waals surface area contributed by atoms with Crippen molar-refractivity contribution in [1.82, 2.24) is 0 Å². The number of hydrogen-bond acceptors (Lipinski definition) is 0. The van der Waals surface area contributed by atoms with Crippen molar-refractivity contribution in [3.63, 3.8) is 0 Å². The predicted molar refractivity (Wildman–Crippen MR) is 48.2 cm³/mol. The molecule has 0 saturated heterocycles. The Kier molecular flexibility index (Phi) is 6.72. The highest BCUT2D eigenvalue weighted by atomic mass is 32.2. The zero-order valence-electron chi connectivity index (χ0n) is 6.94. The summed E-state index contributed by atoms with van der Waals surface area (Å²) in [6.45, 7) is 6.89. The van der Waals surface area contributed by atoms with Crippen molar-refractivity contribution in [2.24, 2.45) is 0 Å². The van der Waals surface area contributed by atoms with E-state index in [1.807, 2.05) is 0 Å². The summed E-state index contributed by atoms with van der Waals surface area (Å²) < 4.78 is 0. The van der Waals surface area contributed by atoms with Gasteiger partial charge in [-0.05, 0) is 31.2 Å². The summed E-state index contributed by atoms with van der Waals surface area (Å²) in [7, 11) is 0.762. The van der Waals surface area contributed by atoms with Gasteiger partial charge in [0.1, 0.15) is 17.3 Å². The summed E-state index contributed by atoms with van der Waals surface area (Å²) >= 11 is 0. The monoisotopic (exact) mass is 147 g/mol. The normalized spacial score (nSPS) is 10.7. The fourth-order valence-electron chi connectivity index (χ4n) is 0.841. The molecule has 0 bridgehead atoms. The molecule has 0 aliphatic heterocycles. The summed E-state index contributed by atoms with van der Waals surface area (Å²) in [5.41, 5.74) is 0. The average molecular weight is 147 g/mol. The molecule has 0 amide bonds. The second-order valence-corrected chi connectivity index (χ2v) is 5.04. The van der Waals surface area contributed by atoms with Crippen LogP contribution in [0.1, 0.15) is 33.6 Å². The van der Waals surface area contributed by atoms with Crippen LogP contribution in [-0.4, -0.2) is 17.3 Å². The molecule has 0 fully saturated rings. The van der Waals surface area contributed by atoms with Crippen molar-refractivity contribution in [3.8, 4) is 0 Å². The van der Waals surface area contributed by atoms with E-state index >= 15 is 0 Å². The van der Waals surface area contributed by atoms with Gasteiger partial charge < -0.3 is 0 Å². The highest BCUT2D eigenvalue weighted by Crippen LogP contribution is 2.00. The van der Waals surface area contributed by atoms with E-state index in [1.165, 1.54) is 30.1 Å². The van der Waals surface area contributed by atoms with Crippen molar-refractivity contribution in [1.29, 1.82) is 0 Å². The standard InChI is InChI=1S/C8H19S/c1-4-7-8-9(5-2)6-3/h4-8H2,1-3H3/q+1. The number of rotatable bonds is 5. The molecule has 56 valence electrons. The Balaban J connectivity index is 3.09. The molecular weight excluding hydrogens is 128 g/mol. The lowest BCUT2D eigenvalue weighted by Crippen LogP contribution is -2.11. The zero-order chi connectivity index (χ0) is 7.11. The van der Waals surface area contributed by atoms with Crippen molar-refractivity contribution in [2.75, 3.05) is 17.3 Å². The minimum Gasteiger partial charge on any atom is -0.0652 e. The van der Waals surface area contributed by atoms with Gasteiger partial charge in [-0.15, -0.1) is 0 Å². The molecule has 9 heavy (non-hydrogen) atoms. The second-order valence-electron chi connectivity index (χ2n) is 2.25. The third-order valence-corrected chi connectivity index (χ3v) is 4.10. The maximum atomic E-state index is 2.31. The van der Waals surface area contributed by atoms with E-state index in [1.54, 1.807) is 0 Å². The topological polar surface area (TPSA) is 0 Å². The van der Waals surface area contributed by atoms with Crippen LogP contribution in [0.2, 0.25) is 0 Å². The van der Waals surface area contributed by atoms with Crippen LogP contribution in [0.25, 0.3) is 0 Å². The van der Waals surface area contributed by atoms with Gasteiger partial charge in [0.05, 0.1) is 0 Å². The third-order valence-electron chi connectivity index (χ3n) is 1.60. The predicted octanol–water partition coefficient (Wildman–Crippen LogP) is 2.44. The van der Waals surface area contributed by atoms with E-state index < -0.39 is 0 Å². The first-order chi connectivity index (χ1) is 4.35. The molecule has 0 heterocycles. The smallest absolute Gasteiger partial charge is 0.0652 e. The van der Waals surface area contributed by atoms with Gasteiger partial charge in [0.2, 0.25) is 0 Å². The summed E-state index contributed by atoms with van der Waals surface area (Å²) in [6.07, 6.45) is 2.80. The van der Waals surface area contributed by atoms with Gasteiger partial charge in [0.15, 0.2) is 0 Å². The average Bonchev–Trinajstić information content (AvgIpc) is 1.91. The van der Waals surface area contributed by atoms with Gasteiger partial charge in [-0.3, -0.25) is 0 Å². The molecule has 0 atom stereocenters. The highest BCUT2D eigenvalue weighted by Gasteiger charge is 2.09. The van der Waals surface area contributed by atoms with Gasteiger partial charge in [-0.25, -0.2) is 0 Å². The number of hydrogen-bond donors (Lipinski definition) is 0. The van der Waals surface area contributed by atoms with E-state index in [2.05, 4.69) is 20.8 Å². The Morgan fingerprint density at radius 1 is 1.00 bits per heavy atom. The third kappa shape index (κ3) is 4.83. The van der Waals surface area contributed by atoms with E-state index in [-0.39, 0.29) is 0 Å². The van der Waals surface area contributed by atoms with Crippen molar-refractivity contribution < 1.29 is 0 Å². The Bertz CT molecular complexity index is 48.5.